The summed E-state index contributed by atoms with van der Waals surface area (Å²) < 4.78 is 16.0. The van der Waals surface area contributed by atoms with Crippen LogP contribution in [0.4, 0.5) is 0 Å². The second kappa shape index (κ2) is 8.98. The molecular weight excluding hydrogens is 449 g/mol. The Bertz CT molecular complexity index is 622. The minimum Gasteiger partial charge on any atom is -0.502 e. The quantitative estimate of drug-likeness (QED) is 0.394. The standard InChI is InChI=1S/C18H27N3O4.HI/c1-19-17(21-6-4-18(11-21)5-7-25-12-18)20-10-13-8-14(23-2)16(22)15(9-13)24-3;/h8-9,22H,4-7,10-12H2,1-3H3,(H,19,20);1H. The number of likely N-dealkylation sites (tertiary alicyclic amines) is 1. The number of rotatable bonds is 4. The SMILES string of the molecule is CN=C(NCc1cc(OC)c(O)c(OC)c1)N1CCC2(CCOC2)C1.I. The average Bonchev–Trinajstić information content (AvgIpc) is 3.27. The number of hydrogen-bond acceptors (Lipinski definition) is 5. The highest BCUT2D eigenvalue weighted by molar-refractivity contribution is 14.0. The van der Waals surface area contributed by atoms with Gasteiger partial charge >= 0.3 is 0 Å². The summed E-state index contributed by atoms with van der Waals surface area (Å²) in [4.78, 5) is 6.72. The molecule has 0 radical (unpaired) electrons. The van der Waals surface area contributed by atoms with E-state index in [0.717, 1.165) is 50.7 Å². The van der Waals surface area contributed by atoms with E-state index < -0.39 is 0 Å². The van der Waals surface area contributed by atoms with Crippen LogP contribution >= 0.6 is 24.0 Å². The Morgan fingerprint density at radius 1 is 1.31 bits per heavy atom. The van der Waals surface area contributed by atoms with Crippen LogP contribution in [0.2, 0.25) is 0 Å². The second-order valence-electron chi connectivity index (χ2n) is 6.72. The van der Waals surface area contributed by atoms with E-state index in [1.54, 1.807) is 19.2 Å². The normalized spacial score (nSPS) is 22.4. The van der Waals surface area contributed by atoms with E-state index in [0.29, 0.717) is 23.5 Å². The molecule has 0 aliphatic carbocycles. The van der Waals surface area contributed by atoms with Crippen LogP contribution in [0.1, 0.15) is 18.4 Å². The number of aromatic hydroxyl groups is 1. The molecule has 3 rings (SSSR count). The van der Waals surface area contributed by atoms with Crippen LogP contribution in [0.25, 0.3) is 0 Å². The van der Waals surface area contributed by atoms with E-state index in [1.807, 2.05) is 0 Å². The Balaban J connectivity index is 0.00000243. The topological polar surface area (TPSA) is 75.6 Å². The van der Waals surface area contributed by atoms with Gasteiger partial charge in [-0.2, -0.15) is 0 Å². The summed E-state index contributed by atoms with van der Waals surface area (Å²) in [6.07, 6.45) is 2.28. The Morgan fingerprint density at radius 3 is 2.54 bits per heavy atom. The molecule has 1 aromatic rings. The minimum absolute atomic E-state index is 0. The fraction of sp³-hybridized carbons (Fsp3) is 0.611. The maximum absolute atomic E-state index is 10.0. The molecule has 0 aromatic heterocycles. The molecule has 8 heteroatoms. The summed E-state index contributed by atoms with van der Waals surface area (Å²) in [5.74, 6) is 1.69. The van der Waals surface area contributed by atoms with Crippen LogP contribution in [0, 0.1) is 5.41 Å². The molecule has 2 N–H and O–H groups in total. The van der Waals surface area contributed by atoms with Crippen LogP contribution in [0.15, 0.2) is 17.1 Å². The summed E-state index contributed by atoms with van der Waals surface area (Å²) in [5.41, 5.74) is 1.24. The van der Waals surface area contributed by atoms with Gasteiger partial charge in [-0.25, -0.2) is 0 Å². The monoisotopic (exact) mass is 477 g/mol. The molecule has 2 heterocycles. The van der Waals surface area contributed by atoms with Gasteiger partial charge in [-0.1, -0.05) is 0 Å². The Morgan fingerprint density at radius 2 is 2.00 bits per heavy atom. The first-order valence-corrected chi connectivity index (χ1v) is 8.58. The fourth-order valence-electron chi connectivity index (χ4n) is 3.65. The second-order valence-corrected chi connectivity index (χ2v) is 6.72. The van der Waals surface area contributed by atoms with Gasteiger partial charge in [0.05, 0.1) is 20.8 Å². The van der Waals surface area contributed by atoms with Crippen molar-refractivity contribution in [1.82, 2.24) is 10.2 Å². The van der Waals surface area contributed by atoms with Crippen molar-refractivity contribution in [2.24, 2.45) is 10.4 Å². The number of nitrogens with zero attached hydrogens (tertiary/aromatic N) is 2. The highest BCUT2D eigenvalue weighted by Gasteiger charge is 2.42. The number of benzene rings is 1. The van der Waals surface area contributed by atoms with Gasteiger partial charge in [0.1, 0.15) is 0 Å². The molecule has 7 nitrogen and oxygen atoms in total. The van der Waals surface area contributed by atoms with E-state index in [1.165, 1.54) is 14.2 Å². The van der Waals surface area contributed by atoms with E-state index in [2.05, 4.69) is 15.2 Å². The van der Waals surface area contributed by atoms with Gasteiger partial charge in [-0.3, -0.25) is 4.99 Å². The lowest BCUT2D eigenvalue weighted by atomic mass is 9.87. The van der Waals surface area contributed by atoms with Gasteiger partial charge in [0, 0.05) is 38.7 Å². The first kappa shape index (κ1) is 20.9. The molecule has 146 valence electrons. The molecule has 2 fully saturated rings. The number of phenols is 1. The molecule has 2 aliphatic heterocycles. The maximum atomic E-state index is 10.0. The number of halogens is 1. The molecule has 0 amide bonds. The number of methoxy groups -OCH3 is 2. The minimum atomic E-state index is 0. The molecule has 26 heavy (non-hydrogen) atoms. The van der Waals surface area contributed by atoms with E-state index in [-0.39, 0.29) is 29.7 Å². The summed E-state index contributed by atoms with van der Waals surface area (Å²) in [5, 5.41) is 13.4. The third-order valence-corrected chi connectivity index (χ3v) is 5.12. The number of guanidine groups is 1. The Labute approximate surface area is 171 Å². The van der Waals surface area contributed by atoms with Gasteiger partial charge in [0.15, 0.2) is 17.5 Å². The first-order valence-electron chi connectivity index (χ1n) is 8.58. The number of phenolic OH excluding ortho intramolecular Hbond substituents is 1. The molecule has 0 bridgehead atoms. The highest BCUT2D eigenvalue weighted by Crippen LogP contribution is 2.38. The van der Waals surface area contributed by atoms with Crippen molar-refractivity contribution in [2.45, 2.75) is 19.4 Å². The van der Waals surface area contributed by atoms with Crippen molar-refractivity contribution in [3.8, 4) is 17.2 Å². The third-order valence-electron chi connectivity index (χ3n) is 5.12. The summed E-state index contributed by atoms with van der Waals surface area (Å²) in [6, 6.07) is 3.60. The molecule has 2 saturated heterocycles. The number of ether oxygens (including phenoxy) is 3. The van der Waals surface area contributed by atoms with Gasteiger partial charge in [0.2, 0.25) is 5.75 Å². The molecule has 1 spiro atoms. The lowest BCUT2D eigenvalue weighted by molar-refractivity contribution is 0.156. The zero-order valence-corrected chi connectivity index (χ0v) is 17.9. The van der Waals surface area contributed by atoms with Crippen molar-refractivity contribution in [3.05, 3.63) is 17.7 Å². The van der Waals surface area contributed by atoms with Gasteiger partial charge in [0.25, 0.3) is 0 Å². The predicted molar refractivity (Wildman–Crippen MR) is 111 cm³/mol. The van der Waals surface area contributed by atoms with E-state index in [9.17, 15) is 5.11 Å². The van der Waals surface area contributed by atoms with Crippen LogP contribution in [-0.2, 0) is 11.3 Å². The van der Waals surface area contributed by atoms with Crippen molar-refractivity contribution in [3.63, 3.8) is 0 Å². The molecule has 1 aromatic carbocycles. The van der Waals surface area contributed by atoms with Crippen molar-refractivity contribution >= 4 is 29.9 Å². The van der Waals surface area contributed by atoms with Crippen LogP contribution in [-0.4, -0.2) is 63.5 Å². The van der Waals surface area contributed by atoms with Gasteiger partial charge in [-0.15, -0.1) is 24.0 Å². The summed E-state index contributed by atoms with van der Waals surface area (Å²) in [7, 11) is 4.85. The van der Waals surface area contributed by atoms with Crippen LogP contribution < -0.4 is 14.8 Å². The average molecular weight is 477 g/mol. The molecule has 1 atom stereocenters. The molecule has 0 saturated carbocycles. The lowest BCUT2D eigenvalue weighted by Crippen LogP contribution is -2.41. The molecule has 2 aliphatic rings. The zero-order valence-electron chi connectivity index (χ0n) is 15.6. The first-order chi connectivity index (χ1) is 12.1. The summed E-state index contributed by atoms with van der Waals surface area (Å²) in [6.45, 7) is 4.26. The van der Waals surface area contributed by atoms with Crippen LogP contribution in [0.3, 0.4) is 0 Å². The van der Waals surface area contributed by atoms with E-state index >= 15 is 0 Å². The van der Waals surface area contributed by atoms with Crippen molar-refractivity contribution in [2.75, 3.05) is 47.6 Å². The van der Waals surface area contributed by atoms with Gasteiger partial charge < -0.3 is 29.5 Å². The largest absolute Gasteiger partial charge is 0.502 e. The van der Waals surface area contributed by atoms with Gasteiger partial charge in [-0.05, 0) is 30.5 Å². The lowest BCUT2D eigenvalue weighted by Gasteiger charge is -2.25. The number of hydrogen-bond donors (Lipinski definition) is 2. The van der Waals surface area contributed by atoms with Crippen molar-refractivity contribution in [1.29, 1.82) is 0 Å². The molecular formula is C18H28IN3O4. The van der Waals surface area contributed by atoms with Crippen LogP contribution in [0.5, 0.6) is 17.2 Å². The Kier molecular flexibility index (Phi) is 7.22. The number of nitrogens with one attached hydrogen (secondary N) is 1. The maximum Gasteiger partial charge on any atom is 0.200 e. The smallest absolute Gasteiger partial charge is 0.200 e. The fourth-order valence-corrected chi connectivity index (χ4v) is 3.65. The third kappa shape index (κ3) is 4.28. The van der Waals surface area contributed by atoms with E-state index in [4.69, 9.17) is 14.2 Å². The zero-order chi connectivity index (χ0) is 17.9. The predicted octanol–water partition coefficient (Wildman–Crippen LogP) is 2.22. The van der Waals surface area contributed by atoms with Crippen molar-refractivity contribution < 1.29 is 19.3 Å². The highest BCUT2D eigenvalue weighted by atomic mass is 127. The molecule has 1 unspecified atom stereocenters. The number of aliphatic imine (C=N–C) groups is 1. The Hall–Kier alpha value is -1.42. The summed E-state index contributed by atoms with van der Waals surface area (Å²) >= 11 is 0.